The van der Waals surface area contributed by atoms with Crippen LogP contribution in [-0.4, -0.2) is 19.6 Å². The summed E-state index contributed by atoms with van der Waals surface area (Å²) in [6.07, 6.45) is -1.57. The lowest BCUT2D eigenvalue weighted by Crippen LogP contribution is -2.27. The number of hydrogen-bond acceptors (Lipinski definition) is 2. The summed E-state index contributed by atoms with van der Waals surface area (Å²) in [6.45, 7) is 5.00. The van der Waals surface area contributed by atoms with E-state index in [-0.39, 0.29) is 0 Å². The van der Waals surface area contributed by atoms with Gasteiger partial charge in [0.2, 0.25) is 0 Å². The van der Waals surface area contributed by atoms with Crippen molar-refractivity contribution in [3.05, 3.63) is 29.8 Å². The second-order valence-corrected chi connectivity index (χ2v) is 3.77. The average molecular weight is 243 g/mol. The van der Waals surface area contributed by atoms with Crippen LogP contribution in [0.4, 0.5) is 8.78 Å². The Morgan fingerprint density at radius 1 is 1.18 bits per heavy atom. The molecule has 1 atom stereocenters. The van der Waals surface area contributed by atoms with Gasteiger partial charge in [-0.25, -0.2) is 8.78 Å². The number of rotatable bonds is 7. The van der Waals surface area contributed by atoms with Gasteiger partial charge in [0.05, 0.1) is 12.6 Å². The topological polar surface area (TPSA) is 21.3 Å². The first-order valence-electron chi connectivity index (χ1n) is 5.93. The van der Waals surface area contributed by atoms with Crippen LogP contribution in [0.1, 0.15) is 31.9 Å². The summed E-state index contributed by atoms with van der Waals surface area (Å²) in [7, 11) is 0. The molecular formula is C13H19F2NO. The van der Waals surface area contributed by atoms with Gasteiger partial charge < -0.3 is 10.1 Å². The van der Waals surface area contributed by atoms with Crippen molar-refractivity contribution in [1.82, 2.24) is 5.32 Å². The summed E-state index contributed by atoms with van der Waals surface area (Å²) in [6, 6.07) is 5.92. The highest BCUT2D eigenvalue weighted by molar-refractivity contribution is 5.29. The van der Waals surface area contributed by atoms with E-state index in [1.165, 1.54) is 0 Å². The molecule has 17 heavy (non-hydrogen) atoms. The zero-order chi connectivity index (χ0) is 12.7. The van der Waals surface area contributed by atoms with Crippen molar-refractivity contribution in [3.63, 3.8) is 0 Å². The Bertz CT molecular complexity index is 314. The average Bonchev–Trinajstić information content (AvgIpc) is 2.31. The van der Waals surface area contributed by atoms with E-state index in [9.17, 15) is 8.78 Å². The highest BCUT2D eigenvalue weighted by Crippen LogP contribution is 2.23. The Labute approximate surface area is 101 Å². The van der Waals surface area contributed by atoms with Crippen LogP contribution in [0.3, 0.4) is 0 Å². The molecule has 2 nitrogen and oxygen atoms in total. The van der Waals surface area contributed by atoms with E-state index in [0.29, 0.717) is 24.5 Å². The van der Waals surface area contributed by atoms with Gasteiger partial charge in [0.15, 0.2) is 0 Å². The lowest BCUT2D eigenvalue weighted by molar-refractivity contribution is 0.0984. The second kappa shape index (κ2) is 7.22. The molecule has 4 heteroatoms. The fourth-order valence-corrected chi connectivity index (χ4v) is 1.59. The lowest BCUT2D eigenvalue weighted by atomic mass is 10.1. The Balaban J connectivity index is 2.72. The first-order valence-corrected chi connectivity index (χ1v) is 5.93. The standard InChI is InChI=1S/C13H19F2NO/c1-3-9-16-12(13(14)15)10-5-7-11(8-6-10)17-4-2/h5-8,12-13,16H,3-4,9H2,1-2H3. The molecule has 96 valence electrons. The molecule has 0 spiro atoms. The molecule has 0 aliphatic rings. The molecule has 0 amide bonds. The number of benzene rings is 1. The molecule has 0 saturated carbocycles. The van der Waals surface area contributed by atoms with E-state index >= 15 is 0 Å². The van der Waals surface area contributed by atoms with E-state index in [1.54, 1.807) is 24.3 Å². The van der Waals surface area contributed by atoms with Crippen molar-refractivity contribution in [3.8, 4) is 5.75 Å². The van der Waals surface area contributed by atoms with Crippen molar-refractivity contribution in [1.29, 1.82) is 0 Å². The van der Waals surface area contributed by atoms with Crippen molar-refractivity contribution in [2.75, 3.05) is 13.2 Å². The molecule has 0 saturated heterocycles. The molecule has 0 aliphatic heterocycles. The molecule has 0 heterocycles. The van der Waals surface area contributed by atoms with E-state index < -0.39 is 12.5 Å². The minimum atomic E-state index is -2.40. The van der Waals surface area contributed by atoms with Gasteiger partial charge in [0, 0.05) is 0 Å². The number of ether oxygens (including phenoxy) is 1. The van der Waals surface area contributed by atoms with Crippen LogP contribution in [0.25, 0.3) is 0 Å². The number of alkyl halides is 2. The maximum Gasteiger partial charge on any atom is 0.257 e. The fraction of sp³-hybridized carbons (Fsp3) is 0.538. The van der Waals surface area contributed by atoms with Gasteiger partial charge in [0.25, 0.3) is 6.43 Å². The zero-order valence-corrected chi connectivity index (χ0v) is 10.2. The summed E-state index contributed by atoms with van der Waals surface area (Å²) in [5, 5.41) is 2.85. The molecule has 0 bridgehead atoms. The number of hydrogen-bond donors (Lipinski definition) is 1. The summed E-state index contributed by atoms with van der Waals surface area (Å²) in [5.41, 5.74) is 0.594. The normalized spacial score (nSPS) is 12.8. The van der Waals surface area contributed by atoms with E-state index in [0.717, 1.165) is 6.42 Å². The van der Waals surface area contributed by atoms with Gasteiger partial charge in [-0.2, -0.15) is 0 Å². The Kier molecular flexibility index (Phi) is 5.91. The molecule has 1 aromatic carbocycles. The highest BCUT2D eigenvalue weighted by Gasteiger charge is 2.21. The third kappa shape index (κ3) is 4.30. The maximum absolute atomic E-state index is 12.9. The molecule has 1 N–H and O–H groups in total. The first kappa shape index (κ1) is 13.9. The van der Waals surface area contributed by atoms with E-state index in [2.05, 4.69) is 5.32 Å². The van der Waals surface area contributed by atoms with Gasteiger partial charge in [0.1, 0.15) is 5.75 Å². The van der Waals surface area contributed by atoms with Gasteiger partial charge in [-0.3, -0.25) is 0 Å². The van der Waals surface area contributed by atoms with E-state index in [1.807, 2.05) is 13.8 Å². The van der Waals surface area contributed by atoms with Crippen LogP contribution >= 0.6 is 0 Å². The molecular weight excluding hydrogens is 224 g/mol. The predicted molar refractivity (Wildman–Crippen MR) is 64.6 cm³/mol. The van der Waals surface area contributed by atoms with Crippen LogP contribution in [0.5, 0.6) is 5.75 Å². The number of nitrogens with one attached hydrogen (secondary N) is 1. The van der Waals surface area contributed by atoms with Crippen molar-refractivity contribution in [2.45, 2.75) is 32.7 Å². The third-order valence-corrected chi connectivity index (χ3v) is 2.42. The summed E-state index contributed by atoms with van der Waals surface area (Å²) in [4.78, 5) is 0. The van der Waals surface area contributed by atoms with Crippen LogP contribution in [0.15, 0.2) is 24.3 Å². The Morgan fingerprint density at radius 2 is 1.82 bits per heavy atom. The van der Waals surface area contributed by atoms with Crippen molar-refractivity contribution >= 4 is 0 Å². The minimum absolute atomic E-state index is 0.575. The molecule has 0 aromatic heterocycles. The zero-order valence-electron chi connectivity index (χ0n) is 10.2. The Morgan fingerprint density at radius 3 is 2.29 bits per heavy atom. The van der Waals surface area contributed by atoms with Crippen LogP contribution in [0, 0.1) is 0 Å². The molecule has 0 fully saturated rings. The Hall–Kier alpha value is -1.16. The predicted octanol–water partition coefficient (Wildman–Crippen LogP) is 3.39. The molecule has 1 aromatic rings. The van der Waals surface area contributed by atoms with Crippen LogP contribution < -0.4 is 10.1 Å². The third-order valence-electron chi connectivity index (χ3n) is 2.42. The molecule has 0 radical (unpaired) electrons. The fourth-order valence-electron chi connectivity index (χ4n) is 1.59. The second-order valence-electron chi connectivity index (χ2n) is 3.77. The van der Waals surface area contributed by atoms with Crippen molar-refractivity contribution < 1.29 is 13.5 Å². The van der Waals surface area contributed by atoms with E-state index in [4.69, 9.17) is 4.74 Å². The molecule has 1 unspecified atom stereocenters. The highest BCUT2D eigenvalue weighted by atomic mass is 19.3. The summed E-state index contributed by atoms with van der Waals surface area (Å²) >= 11 is 0. The smallest absolute Gasteiger partial charge is 0.257 e. The van der Waals surface area contributed by atoms with Crippen LogP contribution in [0.2, 0.25) is 0 Å². The maximum atomic E-state index is 12.9. The van der Waals surface area contributed by atoms with Gasteiger partial charge in [-0.1, -0.05) is 19.1 Å². The lowest BCUT2D eigenvalue weighted by Gasteiger charge is -2.18. The first-order chi connectivity index (χ1) is 8.19. The quantitative estimate of drug-likeness (QED) is 0.792. The minimum Gasteiger partial charge on any atom is -0.494 e. The van der Waals surface area contributed by atoms with Gasteiger partial charge in [-0.15, -0.1) is 0 Å². The molecule has 0 aliphatic carbocycles. The summed E-state index contributed by atoms with van der Waals surface area (Å²) < 4.78 is 31.0. The monoisotopic (exact) mass is 243 g/mol. The summed E-state index contributed by atoms with van der Waals surface area (Å²) in [5.74, 6) is 0.708. The SMILES string of the molecule is CCCNC(c1ccc(OCC)cc1)C(F)F. The van der Waals surface area contributed by atoms with Gasteiger partial charge in [-0.05, 0) is 37.6 Å². The van der Waals surface area contributed by atoms with Gasteiger partial charge >= 0.3 is 0 Å². The van der Waals surface area contributed by atoms with Crippen molar-refractivity contribution in [2.24, 2.45) is 0 Å². The largest absolute Gasteiger partial charge is 0.494 e. The van der Waals surface area contributed by atoms with Crippen LogP contribution in [-0.2, 0) is 0 Å². The number of halogens is 2. The molecule has 1 rings (SSSR count).